The van der Waals surface area contributed by atoms with E-state index in [1.807, 2.05) is 38.1 Å². The lowest BCUT2D eigenvalue weighted by Gasteiger charge is -2.21. The van der Waals surface area contributed by atoms with Crippen LogP contribution in [0.5, 0.6) is 0 Å². The Labute approximate surface area is 251 Å². The van der Waals surface area contributed by atoms with Gasteiger partial charge in [0.1, 0.15) is 18.4 Å². The van der Waals surface area contributed by atoms with E-state index in [9.17, 15) is 19.2 Å². The third kappa shape index (κ3) is 9.89. The van der Waals surface area contributed by atoms with Crippen molar-refractivity contribution in [3.05, 3.63) is 59.7 Å². The van der Waals surface area contributed by atoms with Crippen molar-refractivity contribution in [1.29, 1.82) is 0 Å². The highest BCUT2D eigenvalue weighted by Crippen LogP contribution is 2.44. The van der Waals surface area contributed by atoms with Crippen LogP contribution in [0.4, 0.5) is 4.79 Å². The van der Waals surface area contributed by atoms with E-state index in [0.29, 0.717) is 32.2 Å². The normalized spacial score (nSPS) is 13.1. The number of alkyl carbamates (subject to hydrolysis) is 1. The number of ether oxygens (including phenoxy) is 1. The molecular weight excluding hydrogens is 546 g/mol. The summed E-state index contributed by atoms with van der Waals surface area (Å²) >= 11 is 0. The minimum atomic E-state index is -0.821. The molecule has 1 aliphatic rings. The predicted molar refractivity (Wildman–Crippen MR) is 167 cm³/mol. The zero-order chi connectivity index (χ0) is 27.7. The molecular formula is C30H43N3O5S2. The summed E-state index contributed by atoms with van der Waals surface area (Å²) in [6.07, 6.45) is 1.71. The largest absolute Gasteiger partial charge is 0.449 e. The number of Topliss-reactive ketones (excluding diaryl/α,β-unsaturated/α-hetero) is 1. The van der Waals surface area contributed by atoms with Gasteiger partial charge in [-0.3, -0.25) is 9.59 Å². The van der Waals surface area contributed by atoms with Gasteiger partial charge in [0.15, 0.2) is 0 Å². The number of benzene rings is 2. The summed E-state index contributed by atoms with van der Waals surface area (Å²) in [7, 11) is 0. The lowest BCUT2D eigenvalue weighted by atomic mass is 9.91. The number of unbranched alkanes of at least 4 members (excludes halogenated alkanes) is 1. The summed E-state index contributed by atoms with van der Waals surface area (Å²) < 4.78 is 5.54. The Morgan fingerprint density at radius 3 is 2.02 bits per heavy atom. The minimum Gasteiger partial charge on any atom is -0.449 e. The second kappa shape index (κ2) is 17.0. The maximum Gasteiger partial charge on any atom is 0.407 e. The first kappa shape index (κ1) is 35.0. The summed E-state index contributed by atoms with van der Waals surface area (Å²) in [6, 6.07) is 15.5. The Kier molecular flexibility index (Phi) is 14.9. The molecule has 220 valence electrons. The topological polar surface area (TPSA) is 128 Å². The van der Waals surface area contributed by atoms with Crippen molar-refractivity contribution >= 4 is 50.7 Å². The number of amides is 3. The molecule has 0 aliphatic heterocycles. The van der Waals surface area contributed by atoms with Crippen LogP contribution in [-0.2, 0) is 19.1 Å². The van der Waals surface area contributed by atoms with Crippen molar-refractivity contribution in [3.8, 4) is 11.1 Å². The van der Waals surface area contributed by atoms with Crippen LogP contribution < -0.4 is 16.4 Å². The fourth-order valence-electron chi connectivity index (χ4n) is 5.09. The Morgan fingerprint density at radius 2 is 1.50 bits per heavy atom. The van der Waals surface area contributed by atoms with Crippen LogP contribution in [0.25, 0.3) is 11.1 Å². The van der Waals surface area contributed by atoms with E-state index in [0.717, 1.165) is 11.1 Å². The molecule has 10 heteroatoms. The fraction of sp³-hybridized carbons (Fsp3) is 0.467. The molecule has 2 atom stereocenters. The molecule has 40 heavy (non-hydrogen) atoms. The SMILES string of the molecule is CC(=O)C[C@@H](CC(C)C)C(=O)N[C@@H](CCCCNC(=O)OCC1c2ccccc2-c2ccccc21)C(N)=O.S.S. The molecule has 3 rings (SSSR count). The van der Waals surface area contributed by atoms with E-state index < -0.39 is 24.0 Å². The number of ketones is 1. The molecule has 2 aromatic rings. The van der Waals surface area contributed by atoms with Crippen LogP contribution in [0.15, 0.2) is 48.5 Å². The van der Waals surface area contributed by atoms with Crippen LogP contribution in [-0.4, -0.2) is 42.9 Å². The molecule has 0 radical (unpaired) electrons. The molecule has 8 nitrogen and oxygen atoms in total. The highest BCUT2D eigenvalue weighted by molar-refractivity contribution is 7.59. The van der Waals surface area contributed by atoms with Gasteiger partial charge in [-0.05, 0) is 60.8 Å². The monoisotopic (exact) mass is 589 g/mol. The number of nitrogens with one attached hydrogen (secondary N) is 2. The smallest absolute Gasteiger partial charge is 0.407 e. The minimum absolute atomic E-state index is 0. The van der Waals surface area contributed by atoms with Gasteiger partial charge in [0, 0.05) is 24.8 Å². The van der Waals surface area contributed by atoms with Crippen molar-refractivity contribution in [2.75, 3.05) is 13.2 Å². The number of hydrogen-bond acceptors (Lipinski definition) is 5. The van der Waals surface area contributed by atoms with Gasteiger partial charge >= 0.3 is 6.09 Å². The second-order valence-electron chi connectivity index (χ2n) is 10.4. The van der Waals surface area contributed by atoms with E-state index >= 15 is 0 Å². The number of fused-ring (bicyclic) bond motifs is 3. The van der Waals surface area contributed by atoms with Gasteiger partial charge in [0.25, 0.3) is 0 Å². The van der Waals surface area contributed by atoms with E-state index in [-0.39, 0.29) is 63.5 Å². The van der Waals surface area contributed by atoms with E-state index in [1.165, 1.54) is 18.1 Å². The Balaban J connectivity index is 0.00000400. The van der Waals surface area contributed by atoms with Crippen LogP contribution in [0.2, 0.25) is 0 Å². The average Bonchev–Trinajstić information content (AvgIpc) is 3.19. The molecule has 1 aliphatic carbocycles. The van der Waals surface area contributed by atoms with Crippen LogP contribution >= 0.6 is 27.0 Å². The standard InChI is InChI=1S/C30H39N3O5.2H2S/c1-19(2)16-21(17-20(3)34)29(36)33-27(28(31)35)14-8-9-15-32-30(37)38-18-26-24-12-6-4-10-22(24)23-11-5-7-13-25(23)26;;/h4-7,10-13,19,21,26-27H,8-9,14-18H2,1-3H3,(H2,31,35)(H,32,37)(H,33,36);2*1H2/t21-,27+;;/m1../s1. The Morgan fingerprint density at radius 1 is 0.925 bits per heavy atom. The molecule has 3 amide bonds. The zero-order valence-corrected chi connectivity index (χ0v) is 25.5. The molecule has 0 bridgehead atoms. The molecule has 0 aromatic heterocycles. The van der Waals surface area contributed by atoms with Crippen molar-refractivity contribution in [2.24, 2.45) is 17.6 Å². The maximum atomic E-state index is 12.7. The van der Waals surface area contributed by atoms with Gasteiger partial charge < -0.3 is 25.9 Å². The molecule has 0 fully saturated rings. The molecule has 0 saturated carbocycles. The number of rotatable bonds is 14. The molecule has 0 unspecified atom stereocenters. The highest BCUT2D eigenvalue weighted by atomic mass is 32.1. The van der Waals surface area contributed by atoms with Gasteiger partial charge in [-0.1, -0.05) is 62.4 Å². The van der Waals surface area contributed by atoms with Crippen molar-refractivity contribution in [1.82, 2.24) is 10.6 Å². The first-order valence-corrected chi connectivity index (χ1v) is 13.3. The molecule has 0 saturated heterocycles. The number of carbonyl (C=O) groups is 4. The van der Waals surface area contributed by atoms with Crippen molar-refractivity contribution in [3.63, 3.8) is 0 Å². The van der Waals surface area contributed by atoms with Crippen LogP contribution in [0.3, 0.4) is 0 Å². The Bertz CT molecular complexity index is 1110. The summed E-state index contributed by atoms with van der Waals surface area (Å²) in [5.74, 6) is -1.26. The van der Waals surface area contributed by atoms with Crippen LogP contribution in [0, 0.1) is 11.8 Å². The van der Waals surface area contributed by atoms with Crippen molar-refractivity contribution in [2.45, 2.75) is 64.8 Å². The van der Waals surface area contributed by atoms with Gasteiger partial charge in [0.05, 0.1) is 0 Å². The summed E-state index contributed by atoms with van der Waals surface area (Å²) in [5.41, 5.74) is 10.2. The Hall–Kier alpha value is -2.98. The predicted octanol–water partition coefficient (Wildman–Crippen LogP) is 4.53. The highest BCUT2D eigenvalue weighted by Gasteiger charge is 2.29. The van der Waals surface area contributed by atoms with Gasteiger partial charge in [-0.2, -0.15) is 27.0 Å². The lowest BCUT2D eigenvalue weighted by molar-refractivity contribution is -0.132. The number of primary amides is 1. The van der Waals surface area contributed by atoms with Crippen LogP contribution in [0.1, 0.15) is 69.9 Å². The maximum absolute atomic E-state index is 12.7. The first-order valence-electron chi connectivity index (χ1n) is 13.3. The molecule has 0 spiro atoms. The quantitative estimate of drug-likeness (QED) is 0.279. The number of carbonyl (C=O) groups excluding carboxylic acids is 4. The van der Waals surface area contributed by atoms with E-state index in [4.69, 9.17) is 10.5 Å². The van der Waals surface area contributed by atoms with Gasteiger partial charge in [-0.25, -0.2) is 4.79 Å². The molecule has 4 N–H and O–H groups in total. The summed E-state index contributed by atoms with van der Waals surface area (Å²) in [6.45, 7) is 6.03. The number of hydrogen-bond donors (Lipinski definition) is 3. The average molecular weight is 590 g/mol. The first-order chi connectivity index (χ1) is 18.2. The lowest BCUT2D eigenvalue weighted by Crippen LogP contribution is -2.47. The summed E-state index contributed by atoms with van der Waals surface area (Å²) in [4.78, 5) is 48.5. The number of nitrogens with two attached hydrogens (primary N) is 1. The fourth-order valence-corrected chi connectivity index (χ4v) is 5.09. The third-order valence-corrected chi connectivity index (χ3v) is 6.85. The second-order valence-corrected chi connectivity index (χ2v) is 10.4. The third-order valence-electron chi connectivity index (χ3n) is 6.85. The van der Waals surface area contributed by atoms with Gasteiger partial charge in [-0.15, -0.1) is 0 Å². The summed E-state index contributed by atoms with van der Waals surface area (Å²) in [5, 5.41) is 5.47. The zero-order valence-electron chi connectivity index (χ0n) is 23.5. The molecule has 2 aromatic carbocycles. The van der Waals surface area contributed by atoms with Gasteiger partial charge in [0.2, 0.25) is 11.8 Å². The van der Waals surface area contributed by atoms with E-state index in [1.54, 1.807) is 0 Å². The van der Waals surface area contributed by atoms with Crippen molar-refractivity contribution < 1.29 is 23.9 Å². The van der Waals surface area contributed by atoms with E-state index in [2.05, 4.69) is 34.9 Å². The molecule has 0 heterocycles.